The molecule has 2 N–H and O–H groups in total. The van der Waals surface area contributed by atoms with E-state index in [1.807, 2.05) is 46.1 Å². The standard InChI is InChI=1S/C20H28N4O2/c1-13-18(14(2)24(4)22-13)21-20(26)16-10-11-17(19(16)25)23(3)12-15-8-6-5-7-9-15/h5-9,16-17,19,25H,10-12H2,1-4H3,(H,21,26)/t16-,17-,19+/m1/s1. The fraction of sp³-hybridized carbons (Fsp3) is 0.500. The van der Waals surface area contributed by atoms with E-state index < -0.39 is 12.0 Å². The van der Waals surface area contributed by atoms with Crippen molar-refractivity contribution in [1.29, 1.82) is 0 Å². The maximum atomic E-state index is 12.7. The Morgan fingerprint density at radius 2 is 2.00 bits per heavy atom. The number of aromatic nitrogens is 2. The minimum atomic E-state index is -0.666. The predicted octanol–water partition coefficient (Wildman–Crippen LogP) is 2.25. The molecule has 1 aromatic carbocycles. The third-order valence-electron chi connectivity index (χ3n) is 5.51. The summed E-state index contributed by atoms with van der Waals surface area (Å²) in [6, 6.07) is 10.2. The van der Waals surface area contributed by atoms with Crippen LogP contribution in [0.15, 0.2) is 30.3 Å². The van der Waals surface area contributed by atoms with E-state index in [9.17, 15) is 9.90 Å². The molecule has 1 fully saturated rings. The number of likely N-dealkylation sites (N-methyl/N-ethyl adjacent to an activating group) is 1. The van der Waals surface area contributed by atoms with Crippen molar-refractivity contribution >= 4 is 11.6 Å². The Bertz CT molecular complexity index is 772. The van der Waals surface area contributed by atoms with Gasteiger partial charge in [0.1, 0.15) is 0 Å². The first-order chi connectivity index (χ1) is 12.4. The summed E-state index contributed by atoms with van der Waals surface area (Å²) in [4.78, 5) is 14.9. The normalized spacial score (nSPS) is 22.8. The molecule has 26 heavy (non-hydrogen) atoms. The van der Waals surface area contributed by atoms with E-state index in [-0.39, 0.29) is 11.9 Å². The number of aryl methyl sites for hydroxylation is 2. The zero-order chi connectivity index (χ0) is 18.8. The van der Waals surface area contributed by atoms with Gasteiger partial charge in [0.15, 0.2) is 0 Å². The summed E-state index contributed by atoms with van der Waals surface area (Å²) < 4.78 is 1.76. The molecule has 0 aliphatic heterocycles. The van der Waals surface area contributed by atoms with E-state index >= 15 is 0 Å². The summed E-state index contributed by atoms with van der Waals surface area (Å²) in [6.45, 7) is 4.57. The molecule has 3 rings (SSSR count). The van der Waals surface area contributed by atoms with Crippen LogP contribution in [0.4, 0.5) is 5.69 Å². The Kier molecular flexibility index (Phi) is 5.44. The second-order valence-electron chi connectivity index (χ2n) is 7.30. The SMILES string of the molecule is Cc1nn(C)c(C)c1NC(=O)[C@@H]1CC[C@@H](N(C)Cc2ccccc2)[C@H]1O. The van der Waals surface area contributed by atoms with Crippen molar-refractivity contribution in [2.75, 3.05) is 12.4 Å². The maximum Gasteiger partial charge on any atom is 0.230 e. The maximum absolute atomic E-state index is 12.7. The Balaban J connectivity index is 1.64. The molecule has 1 amide bonds. The number of hydrogen-bond acceptors (Lipinski definition) is 4. The van der Waals surface area contributed by atoms with Crippen LogP contribution in [0.3, 0.4) is 0 Å². The molecule has 1 aliphatic carbocycles. The van der Waals surface area contributed by atoms with Gasteiger partial charge in [-0.2, -0.15) is 5.10 Å². The Morgan fingerprint density at radius 1 is 1.31 bits per heavy atom. The van der Waals surface area contributed by atoms with Gasteiger partial charge in [0.05, 0.1) is 29.1 Å². The van der Waals surface area contributed by atoms with Crippen molar-refractivity contribution in [1.82, 2.24) is 14.7 Å². The average Bonchev–Trinajstić information content (AvgIpc) is 3.11. The third-order valence-corrected chi connectivity index (χ3v) is 5.51. The van der Waals surface area contributed by atoms with Crippen molar-refractivity contribution in [3.8, 4) is 0 Å². The molecular formula is C20H28N4O2. The van der Waals surface area contributed by atoms with Crippen molar-refractivity contribution in [2.45, 2.75) is 45.4 Å². The summed E-state index contributed by atoms with van der Waals surface area (Å²) in [5, 5.41) is 18.1. The van der Waals surface area contributed by atoms with E-state index in [1.54, 1.807) is 4.68 Å². The smallest absolute Gasteiger partial charge is 0.230 e. The minimum absolute atomic E-state index is 0.0120. The molecule has 6 nitrogen and oxygen atoms in total. The zero-order valence-corrected chi connectivity index (χ0v) is 15.9. The lowest BCUT2D eigenvalue weighted by Gasteiger charge is -2.28. The molecule has 2 aromatic rings. The van der Waals surface area contributed by atoms with Crippen LogP contribution in [-0.4, -0.2) is 44.9 Å². The molecule has 0 unspecified atom stereocenters. The van der Waals surface area contributed by atoms with Crippen molar-refractivity contribution in [3.63, 3.8) is 0 Å². The number of amides is 1. The van der Waals surface area contributed by atoms with E-state index in [4.69, 9.17) is 0 Å². The molecule has 3 atom stereocenters. The van der Waals surface area contributed by atoms with E-state index in [0.717, 1.165) is 30.0 Å². The number of aliphatic hydroxyl groups excluding tert-OH is 1. The third kappa shape index (κ3) is 3.66. The summed E-state index contributed by atoms with van der Waals surface area (Å²) in [7, 11) is 3.87. The van der Waals surface area contributed by atoms with Crippen LogP contribution in [0.25, 0.3) is 0 Å². The summed E-state index contributed by atoms with van der Waals surface area (Å²) in [6.07, 6.45) is 0.837. The minimum Gasteiger partial charge on any atom is -0.391 e. The van der Waals surface area contributed by atoms with Gasteiger partial charge >= 0.3 is 0 Å². The van der Waals surface area contributed by atoms with Crippen LogP contribution in [0, 0.1) is 19.8 Å². The Labute approximate surface area is 154 Å². The van der Waals surface area contributed by atoms with Crippen LogP contribution in [0.2, 0.25) is 0 Å². The highest BCUT2D eigenvalue weighted by Gasteiger charge is 2.41. The lowest BCUT2D eigenvalue weighted by atomic mass is 10.0. The molecule has 1 aliphatic rings. The van der Waals surface area contributed by atoms with Gasteiger partial charge in [0, 0.05) is 19.6 Å². The summed E-state index contributed by atoms with van der Waals surface area (Å²) in [5.74, 6) is -0.510. The average molecular weight is 356 g/mol. The first-order valence-electron chi connectivity index (χ1n) is 9.11. The summed E-state index contributed by atoms with van der Waals surface area (Å²) in [5.41, 5.74) is 3.67. The summed E-state index contributed by atoms with van der Waals surface area (Å²) >= 11 is 0. The quantitative estimate of drug-likeness (QED) is 0.862. The lowest BCUT2D eigenvalue weighted by molar-refractivity contribution is -0.123. The lowest BCUT2D eigenvalue weighted by Crippen LogP contribution is -2.42. The molecule has 0 radical (unpaired) electrons. The molecule has 0 saturated heterocycles. The van der Waals surface area contributed by atoms with Crippen molar-refractivity contribution < 1.29 is 9.90 Å². The monoisotopic (exact) mass is 356 g/mol. The first-order valence-corrected chi connectivity index (χ1v) is 9.11. The predicted molar refractivity (Wildman–Crippen MR) is 102 cm³/mol. The largest absolute Gasteiger partial charge is 0.391 e. The van der Waals surface area contributed by atoms with Gasteiger partial charge < -0.3 is 10.4 Å². The van der Waals surface area contributed by atoms with Crippen LogP contribution in [-0.2, 0) is 18.4 Å². The van der Waals surface area contributed by atoms with E-state index in [1.165, 1.54) is 5.56 Å². The number of nitrogens with zero attached hydrogens (tertiary/aromatic N) is 3. The molecular weight excluding hydrogens is 328 g/mol. The van der Waals surface area contributed by atoms with Gasteiger partial charge in [-0.3, -0.25) is 14.4 Å². The van der Waals surface area contributed by atoms with Gasteiger partial charge in [-0.25, -0.2) is 0 Å². The number of aliphatic hydroxyl groups is 1. The second kappa shape index (κ2) is 7.60. The van der Waals surface area contributed by atoms with E-state index in [0.29, 0.717) is 6.42 Å². The van der Waals surface area contributed by atoms with Gasteiger partial charge in [-0.05, 0) is 39.3 Å². The van der Waals surface area contributed by atoms with E-state index in [2.05, 4.69) is 27.4 Å². The van der Waals surface area contributed by atoms with Crippen LogP contribution in [0.5, 0.6) is 0 Å². The highest BCUT2D eigenvalue weighted by atomic mass is 16.3. The van der Waals surface area contributed by atoms with Gasteiger partial charge in [-0.1, -0.05) is 30.3 Å². The zero-order valence-electron chi connectivity index (χ0n) is 15.9. The molecule has 0 spiro atoms. The number of carbonyl (C=O) groups excluding carboxylic acids is 1. The number of hydrogen-bond donors (Lipinski definition) is 2. The van der Waals surface area contributed by atoms with Gasteiger partial charge in [-0.15, -0.1) is 0 Å². The van der Waals surface area contributed by atoms with Crippen LogP contribution >= 0.6 is 0 Å². The van der Waals surface area contributed by atoms with Crippen molar-refractivity contribution in [2.24, 2.45) is 13.0 Å². The topological polar surface area (TPSA) is 70.4 Å². The highest BCUT2D eigenvalue weighted by molar-refractivity contribution is 5.94. The van der Waals surface area contributed by atoms with Gasteiger partial charge in [0.25, 0.3) is 0 Å². The van der Waals surface area contributed by atoms with Crippen LogP contribution < -0.4 is 5.32 Å². The number of nitrogens with one attached hydrogen (secondary N) is 1. The number of anilines is 1. The second-order valence-corrected chi connectivity index (χ2v) is 7.30. The van der Waals surface area contributed by atoms with Crippen molar-refractivity contribution in [3.05, 3.63) is 47.3 Å². The van der Waals surface area contributed by atoms with Crippen LogP contribution in [0.1, 0.15) is 29.8 Å². The highest BCUT2D eigenvalue weighted by Crippen LogP contribution is 2.32. The Morgan fingerprint density at radius 3 is 2.62 bits per heavy atom. The molecule has 1 aromatic heterocycles. The molecule has 140 valence electrons. The van der Waals surface area contributed by atoms with Gasteiger partial charge in [0.2, 0.25) is 5.91 Å². The molecule has 1 saturated carbocycles. The fourth-order valence-corrected chi connectivity index (χ4v) is 3.89. The molecule has 6 heteroatoms. The number of rotatable bonds is 5. The first kappa shape index (κ1) is 18.6. The molecule has 0 bridgehead atoms. The number of carbonyl (C=O) groups is 1. The molecule has 1 heterocycles. The number of benzene rings is 1. The Hall–Kier alpha value is -2.18. The fourth-order valence-electron chi connectivity index (χ4n) is 3.89.